The molecule has 0 saturated carbocycles. The number of phenols is 1. The minimum absolute atomic E-state index is 0.114. The number of carbonyl (C=O) groups is 1. The molecule has 1 atom stereocenters. The van der Waals surface area contributed by atoms with E-state index in [1.807, 2.05) is 48.5 Å². The normalized spacial score (nSPS) is 11.9. The van der Waals surface area contributed by atoms with Gasteiger partial charge in [-0.15, -0.1) is 0 Å². The summed E-state index contributed by atoms with van der Waals surface area (Å²) >= 11 is 0. The number of benzene rings is 3. The minimum Gasteiger partial charge on any atom is -0.506 e. The summed E-state index contributed by atoms with van der Waals surface area (Å²) in [7, 11) is 0. The fraction of sp³-hybridized carbons (Fsp3) is 0.192. The van der Waals surface area contributed by atoms with Gasteiger partial charge in [-0.2, -0.15) is 0 Å². The summed E-state index contributed by atoms with van der Waals surface area (Å²) in [5.74, 6) is -0.114. The van der Waals surface area contributed by atoms with E-state index >= 15 is 0 Å². The van der Waals surface area contributed by atoms with Crippen LogP contribution < -0.4 is 15.8 Å². The Bertz CT molecular complexity index is 1370. The van der Waals surface area contributed by atoms with Crippen LogP contribution in [0.5, 0.6) is 5.75 Å². The topological polar surface area (TPSA) is 139 Å². The predicted molar refractivity (Wildman–Crippen MR) is 133 cm³/mol. The highest BCUT2D eigenvalue weighted by Gasteiger charge is 2.16. The molecule has 5 N–H and O–H groups in total. The van der Waals surface area contributed by atoms with Crippen LogP contribution in [0.3, 0.4) is 0 Å². The summed E-state index contributed by atoms with van der Waals surface area (Å²) in [6, 6.07) is 19.8. The van der Waals surface area contributed by atoms with Crippen LogP contribution in [0.25, 0.3) is 11.0 Å². The van der Waals surface area contributed by atoms with Crippen molar-refractivity contribution < 1.29 is 20.1 Å². The number of amides is 1. The first-order chi connectivity index (χ1) is 16.9. The molecule has 0 unspecified atom stereocenters. The zero-order valence-electron chi connectivity index (χ0n) is 18.9. The number of aromatic nitrogens is 2. The highest BCUT2D eigenvalue weighted by Crippen LogP contribution is 2.27. The van der Waals surface area contributed by atoms with Crippen molar-refractivity contribution in [3.63, 3.8) is 0 Å². The van der Waals surface area contributed by atoms with Gasteiger partial charge in [0.25, 0.3) is 5.56 Å². The molecule has 0 saturated heterocycles. The number of hydrogen-bond donors (Lipinski definition) is 5. The molecular weight excluding hydrogens is 448 g/mol. The number of aromatic amines is 1. The Hall–Kier alpha value is -4.21. The lowest BCUT2D eigenvalue weighted by Crippen LogP contribution is -2.28. The molecule has 9 nitrogen and oxygen atoms in total. The molecule has 35 heavy (non-hydrogen) atoms. The van der Waals surface area contributed by atoms with Crippen molar-refractivity contribution in [3.8, 4) is 5.75 Å². The maximum atomic E-state index is 11.9. The van der Waals surface area contributed by atoms with Gasteiger partial charge in [0.05, 0.1) is 24.4 Å². The molecule has 0 spiro atoms. The predicted octanol–water partition coefficient (Wildman–Crippen LogP) is 3.18. The average Bonchev–Trinajstić information content (AvgIpc) is 2.86. The van der Waals surface area contributed by atoms with Crippen LogP contribution in [0.1, 0.15) is 22.8 Å². The van der Waals surface area contributed by atoms with Crippen LogP contribution in [0.2, 0.25) is 0 Å². The van der Waals surface area contributed by atoms with Crippen molar-refractivity contribution in [1.82, 2.24) is 15.3 Å². The molecule has 0 aliphatic heterocycles. The van der Waals surface area contributed by atoms with Crippen LogP contribution in [-0.4, -0.2) is 44.5 Å². The van der Waals surface area contributed by atoms with Gasteiger partial charge in [-0.1, -0.05) is 48.5 Å². The summed E-state index contributed by atoms with van der Waals surface area (Å²) in [6.07, 6.45) is -0.197. The smallest absolute Gasteiger partial charge is 0.412 e. The number of anilines is 1. The molecule has 4 aromatic rings. The number of nitrogens with one attached hydrogen (secondary N) is 2. The number of phenolic OH excluding ortho intramolecular Hbond substituents is 1. The van der Waals surface area contributed by atoms with Crippen LogP contribution in [0.4, 0.5) is 10.5 Å². The van der Waals surface area contributed by atoms with E-state index in [0.717, 1.165) is 17.3 Å². The van der Waals surface area contributed by atoms with Gasteiger partial charge in [0.2, 0.25) is 0 Å². The summed E-state index contributed by atoms with van der Waals surface area (Å²) in [5.41, 5.74) is 3.01. The van der Waals surface area contributed by atoms with Crippen molar-refractivity contribution in [2.24, 2.45) is 0 Å². The van der Waals surface area contributed by atoms with E-state index in [1.54, 1.807) is 12.1 Å². The third-order valence-electron chi connectivity index (χ3n) is 5.67. The van der Waals surface area contributed by atoms with Gasteiger partial charge < -0.3 is 25.6 Å². The first-order valence-electron chi connectivity index (χ1n) is 11.2. The van der Waals surface area contributed by atoms with Crippen LogP contribution in [0.15, 0.2) is 77.7 Å². The third-order valence-corrected chi connectivity index (χ3v) is 5.67. The van der Waals surface area contributed by atoms with Gasteiger partial charge in [-0.3, -0.25) is 9.69 Å². The van der Waals surface area contributed by atoms with Crippen molar-refractivity contribution in [3.05, 3.63) is 100.0 Å². The molecule has 0 aliphatic rings. The number of aromatic hydroxyl groups is 1. The number of nitrogens with zero attached hydrogens (tertiary/aromatic N) is 2. The van der Waals surface area contributed by atoms with E-state index in [9.17, 15) is 24.9 Å². The second-order valence-electron chi connectivity index (χ2n) is 8.14. The number of hydrogen-bond acceptors (Lipinski definition) is 6. The van der Waals surface area contributed by atoms with Gasteiger partial charge in [0.15, 0.2) is 0 Å². The quantitative estimate of drug-likeness (QED) is 0.235. The highest BCUT2D eigenvalue weighted by molar-refractivity contribution is 5.86. The third kappa shape index (κ3) is 5.84. The van der Waals surface area contributed by atoms with Gasteiger partial charge in [0, 0.05) is 17.8 Å². The Morgan fingerprint density at radius 2 is 1.83 bits per heavy atom. The molecule has 0 aliphatic carbocycles. The fourth-order valence-electron chi connectivity index (χ4n) is 3.90. The number of aliphatic hydroxyl groups is 1. The summed E-state index contributed by atoms with van der Waals surface area (Å²) < 4.78 is 0. The molecule has 0 radical (unpaired) electrons. The molecule has 0 bridgehead atoms. The van der Waals surface area contributed by atoms with Gasteiger partial charge in [-0.05, 0) is 42.3 Å². The molecule has 3 aromatic carbocycles. The van der Waals surface area contributed by atoms with Gasteiger partial charge >= 0.3 is 6.09 Å². The van der Waals surface area contributed by atoms with E-state index in [0.29, 0.717) is 29.7 Å². The van der Waals surface area contributed by atoms with Crippen LogP contribution in [0, 0.1) is 0 Å². The lowest BCUT2D eigenvalue weighted by Gasteiger charge is -2.20. The Labute approximate surface area is 201 Å². The van der Waals surface area contributed by atoms with E-state index in [4.69, 9.17) is 0 Å². The maximum absolute atomic E-state index is 11.9. The van der Waals surface area contributed by atoms with E-state index in [1.165, 1.54) is 11.0 Å². The molecule has 4 rings (SSSR count). The molecule has 1 amide bonds. The monoisotopic (exact) mass is 474 g/mol. The van der Waals surface area contributed by atoms with Gasteiger partial charge in [-0.25, -0.2) is 9.78 Å². The molecule has 1 aromatic heterocycles. The largest absolute Gasteiger partial charge is 0.506 e. The molecule has 1 heterocycles. The number of carboxylic acid groups (broad SMARTS) is 1. The van der Waals surface area contributed by atoms with E-state index in [2.05, 4.69) is 15.3 Å². The Morgan fingerprint density at radius 3 is 2.60 bits per heavy atom. The minimum atomic E-state index is -1.02. The van der Waals surface area contributed by atoms with Crippen molar-refractivity contribution in [2.45, 2.75) is 19.1 Å². The van der Waals surface area contributed by atoms with Crippen LogP contribution in [-0.2, 0) is 13.0 Å². The van der Waals surface area contributed by atoms with Crippen molar-refractivity contribution >= 4 is 22.8 Å². The summed E-state index contributed by atoms with van der Waals surface area (Å²) in [5, 5.41) is 33.5. The molecule has 180 valence electrons. The maximum Gasteiger partial charge on any atom is 0.412 e. The second-order valence-corrected chi connectivity index (χ2v) is 8.14. The zero-order valence-corrected chi connectivity index (χ0v) is 18.9. The Balaban J connectivity index is 1.37. The number of fused-ring (bicyclic) bond motifs is 1. The van der Waals surface area contributed by atoms with E-state index < -0.39 is 17.8 Å². The standard InChI is InChI=1S/C26H26N4O5/c31-21-10-9-20(24-25(21)29-23(33)15-28-24)22(32)14-27-12-11-17-7-4-8-19(13-17)30(26(34)35)16-18-5-2-1-3-6-18/h1-10,13,15,22,27,31-32H,11-12,14,16H2,(H,29,33)(H,34,35)/t22-/m0/s1. The van der Waals surface area contributed by atoms with Crippen LogP contribution >= 0.6 is 0 Å². The number of rotatable bonds is 9. The highest BCUT2D eigenvalue weighted by atomic mass is 16.4. The van der Waals surface area contributed by atoms with Crippen molar-refractivity contribution in [2.75, 3.05) is 18.0 Å². The second kappa shape index (κ2) is 10.8. The Morgan fingerprint density at radius 1 is 1.06 bits per heavy atom. The lowest BCUT2D eigenvalue weighted by atomic mass is 10.1. The summed E-state index contributed by atoms with van der Waals surface area (Å²) in [6.45, 7) is 1.03. The fourth-order valence-corrected chi connectivity index (χ4v) is 3.90. The Kier molecular flexibility index (Phi) is 7.39. The number of aliphatic hydroxyl groups excluding tert-OH is 1. The SMILES string of the molecule is O=C(O)N(Cc1ccccc1)c1cccc(CCNC[C@H](O)c2ccc(O)c3[nH]c(=O)cnc23)c1. The number of H-pyrrole nitrogens is 1. The first kappa shape index (κ1) is 23.9. The molecule has 9 heteroatoms. The lowest BCUT2D eigenvalue weighted by molar-refractivity contribution is 0.176. The average molecular weight is 475 g/mol. The molecular formula is C26H26N4O5. The summed E-state index contributed by atoms with van der Waals surface area (Å²) in [4.78, 5) is 31.3. The van der Waals surface area contributed by atoms with E-state index in [-0.39, 0.29) is 24.4 Å². The zero-order chi connectivity index (χ0) is 24.8. The first-order valence-corrected chi connectivity index (χ1v) is 11.2. The van der Waals surface area contributed by atoms with Gasteiger partial charge in [0.1, 0.15) is 11.3 Å². The van der Waals surface area contributed by atoms with Crippen molar-refractivity contribution in [1.29, 1.82) is 0 Å². The molecule has 0 fully saturated rings.